The van der Waals surface area contributed by atoms with E-state index >= 15 is 0 Å². The van der Waals surface area contributed by atoms with Crippen LogP contribution in [-0.4, -0.2) is 48.2 Å². The first-order valence-electron chi connectivity index (χ1n) is 6.08. The van der Waals surface area contributed by atoms with Gasteiger partial charge in [-0.1, -0.05) is 13.3 Å². The number of hydrogen-bond donors (Lipinski definition) is 2. The highest BCUT2D eigenvalue weighted by Crippen LogP contribution is 2.24. The fraction of sp³-hybridized carbons (Fsp3) is 0.909. The summed E-state index contributed by atoms with van der Waals surface area (Å²) in [5, 5.41) is 10.5. The summed E-state index contributed by atoms with van der Waals surface area (Å²) in [5.41, 5.74) is 1.07. The molecule has 0 aliphatic carbocycles. The lowest BCUT2D eigenvalue weighted by molar-refractivity contribution is -0.00658. The van der Waals surface area contributed by atoms with E-state index in [1.807, 2.05) is 6.92 Å². The molecule has 1 aliphatic heterocycles. The van der Waals surface area contributed by atoms with Crippen molar-refractivity contribution in [3.63, 3.8) is 0 Å². The molecule has 2 N–H and O–H groups in total. The number of nitrogens with one attached hydrogen (secondary N) is 1. The standard InChI is InChI=1S/C11H21FN2O3/c1-2-3-8-17-10(16)13-14-6-4-11(12,9-15)5-7-14/h15H,2-9H2,1H3,(H,13,16). The molecule has 6 heteroatoms. The van der Waals surface area contributed by atoms with Gasteiger partial charge in [-0.3, -0.25) is 5.43 Å². The first kappa shape index (κ1) is 14.2. The van der Waals surface area contributed by atoms with Crippen LogP contribution in [0.25, 0.3) is 0 Å². The molecule has 0 unspecified atom stereocenters. The Hall–Kier alpha value is -0.880. The maximum atomic E-state index is 13.6. The molecule has 0 bridgehead atoms. The zero-order chi connectivity index (χ0) is 12.7. The second-order valence-corrected chi connectivity index (χ2v) is 4.40. The number of amides is 1. The second-order valence-electron chi connectivity index (χ2n) is 4.40. The summed E-state index contributed by atoms with van der Waals surface area (Å²) in [6, 6.07) is 0. The van der Waals surface area contributed by atoms with Gasteiger partial charge in [-0.2, -0.15) is 0 Å². The maximum Gasteiger partial charge on any atom is 0.421 e. The molecule has 1 rings (SSSR count). The number of hydrogen-bond acceptors (Lipinski definition) is 4. The number of aliphatic hydroxyl groups excluding tert-OH is 1. The number of unbranched alkanes of at least 4 members (excludes halogenated alkanes) is 1. The van der Waals surface area contributed by atoms with E-state index in [2.05, 4.69) is 5.43 Å². The molecular formula is C11H21FN2O3. The van der Waals surface area contributed by atoms with Crippen LogP contribution in [-0.2, 0) is 4.74 Å². The molecule has 0 aromatic carbocycles. The van der Waals surface area contributed by atoms with Crippen LogP contribution in [0.1, 0.15) is 32.6 Å². The van der Waals surface area contributed by atoms with Crippen LogP contribution in [0.2, 0.25) is 0 Å². The van der Waals surface area contributed by atoms with Gasteiger partial charge in [0.25, 0.3) is 0 Å². The van der Waals surface area contributed by atoms with Crippen molar-refractivity contribution in [3.05, 3.63) is 0 Å². The van der Waals surface area contributed by atoms with E-state index in [1.165, 1.54) is 0 Å². The first-order valence-corrected chi connectivity index (χ1v) is 6.08. The van der Waals surface area contributed by atoms with Crippen molar-refractivity contribution >= 4 is 6.09 Å². The Morgan fingerprint density at radius 3 is 2.71 bits per heavy atom. The maximum absolute atomic E-state index is 13.6. The summed E-state index contributed by atoms with van der Waals surface area (Å²) in [5.74, 6) is 0. The number of ether oxygens (including phenoxy) is 1. The van der Waals surface area contributed by atoms with Gasteiger partial charge in [0.1, 0.15) is 5.67 Å². The third-order valence-corrected chi connectivity index (χ3v) is 2.92. The van der Waals surface area contributed by atoms with Gasteiger partial charge < -0.3 is 9.84 Å². The normalized spacial score (nSPS) is 19.9. The van der Waals surface area contributed by atoms with Crippen LogP contribution in [0.3, 0.4) is 0 Å². The van der Waals surface area contributed by atoms with Crippen molar-refractivity contribution in [1.29, 1.82) is 0 Å². The fourth-order valence-electron chi connectivity index (χ4n) is 1.65. The lowest BCUT2D eigenvalue weighted by atomic mass is 9.95. The predicted molar refractivity (Wildman–Crippen MR) is 61.1 cm³/mol. The van der Waals surface area contributed by atoms with Crippen molar-refractivity contribution < 1.29 is 19.0 Å². The number of nitrogens with zero attached hydrogens (tertiary/aromatic N) is 1. The Labute approximate surface area is 101 Å². The first-order chi connectivity index (χ1) is 8.09. The third kappa shape index (κ3) is 4.87. The van der Waals surface area contributed by atoms with Gasteiger partial charge >= 0.3 is 6.09 Å². The molecule has 1 fully saturated rings. The summed E-state index contributed by atoms with van der Waals surface area (Å²) >= 11 is 0. The summed E-state index contributed by atoms with van der Waals surface area (Å²) < 4.78 is 18.6. The fourth-order valence-corrected chi connectivity index (χ4v) is 1.65. The second kappa shape index (κ2) is 6.76. The van der Waals surface area contributed by atoms with Gasteiger partial charge in [0.05, 0.1) is 13.2 Å². The van der Waals surface area contributed by atoms with E-state index in [9.17, 15) is 9.18 Å². The molecule has 100 valence electrons. The highest BCUT2D eigenvalue weighted by Gasteiger charge is 2.34. The summed E-state index contributed by atoms with van der Waals surface area (Å²) in [4.78, 5) is 11.3. The van der Waals surface area contributed by atoms with Gasteiger partial charge in [0, 0.05) is 13.1 Å². The van der Waals surface area contributed by atoms with E-state index in [0.29, 0.717) is 19.7 Å². The van der Waals surface area contributed by atoms with Gasteiger partial charge in [-0.15, -0.1) is 0 Å². The van der Waals surface area contributed by atoms with Gasteiger partial charge in [0.2, 0.25) is 0 Å². The van der Waals surface area contributed by atoms with Gasteiger partial charge in [0.15, 0.2) is 0 Å². The minimum Gasteiger partial charge on any atom is -0.449 e. The largest absolute Gasteiger partial charge is 0.449 e. The zero-order valence-corrected chi connectivity index (χ0v) is 10.2. The average molecular weight is 248 g/mol. The van der Waals surface area contributed by atoms with E-state index < -0.39 is 18.4 Å². The highest BCUT2D eigenvalue weighted by molar-refractivity contribution is 5.66. The molecule has 0 radical (unpaired) electrons. The monoisotopic (exact) mass is 248 g/mol. The van der Waals surface area contributed by atoms with E-state index in [-0.39, 0.29) is 12.8 Å². The van der Waals surface area contributed by atoms with E-state index in [1.54, 1.807) is 5.01 Å². The SMILES string of the molecule is CCCCOC(=O)NN1CCC(F)(CO)CC1. The zero-order valence-electron chi connectivity index (χ0n) is 10.2. The smallest absolute Gasteiger partial charge is 0.421 e. The number of carbonyl (C=O) groups excluding carboxylic acids is 1. The predicted octanol–water partition coefficient (Wildman–Crippen LogP) is 1.22. The number of rotatable bonds is 5. The quantitative estimate of drug-likeness (QED) is 0.718. The number of alkyl halides is 1. The molecule has 0 saturated carbocycles. The molecule has 5 nitrogen and oxygen atoms in total. The molecule has 1 saturated heterocycles. The van der Waals surface area contributed by atoms with Crippen LogP contribution in [0.4, 0.5) is 9.18 Å². The van der Waals surface area contributed by atoms with Crippen LogP contribution in [0.5, 0.6) is 0 Å². The van der Waals surface area contributed by atoms with Crippen LogP contribution >= 0.6 is 0 Å². The Morgan fingerprint density at radius 2 is 2.18 bits per heavy atom. The van der Waals surface area contributed by atoms with Crippen LogP contribution < -0.4 is 5.43 Å². The molecule has 0 spiro atoms. The minimum atomic E-state index is -1.50. The van der Waals surface area contributed by atoms with Crippen LogP contribution in [0, 0.1) is 0 Å². The van der Waals surface area contributed by atoms with Crippen molar-refractivity contribution in [2.75, 3.05) is 26.3 Å². The van der Waals surface area contributed by atoms with E-state index in [4.69, 9.17) is 9.84 Å². The Kier molecular flexibility index (Phi) is 5.64. The number of hydrazine groups is 1. The highest BCUT2D eigenvalue weighted by atomic mass is 19.1. The number of halogens is 1. The topological polar surface area (TPSA) is 61.8 Å². The summed E-state index contributed by atoms with van der Waals surface area (Å²) in [6.07, 6.45) is 1.76. The Balaban J connectivity index is 2.19. The molecule has 0 atom stereocenters. The van der Waals surface area contributed by atoms with Crippen LogP contribution in [0.15, 0.2) is 0 Å². The molecule has 1 amide bonds. The van der Waals surface area contributed by atoms with Crippen molar-refractivity contribution in [2.24, 2.45) is 0 Å². The third-order valence-electron chi connectivity index (χ3n) is 2.92. The Morgan fingerprint density at radius 1 is 1.53 bits per heavy atom. The molecule has 0 aromatic heterocycles. The lowest BCUT2D eigenvalue weighted by Crippen LogP contribution is -2.51. The van der Waals surface area contributed by atoms with Crippen molar-refractivity contribution in [2.45, 2.75) is 38.3 Å². The van der Waals surface area contributed by atoms with Gasteiger partial charge in [-0.05, 0) is 19.3 Å². The number of aliphatic hydroxyl groups is 1. The average Bonchev–Trinajstić information content (AvgIpc) is 2.33. The van der Waals surface area contributed by atoms with E-state index in [0.717, 1.165) is 12.8 Å². The molecule has 1 heterocycles. The lowest BCUT2D eigenvalue weighted by Gasteiger charge is -2.34. The Bertz CT molecular complexity index is 243. The minimum absolute atomic E-state index is 0.221. The number of carbonyl (C=O) groups is 1. The number of piperidine rings is 1. The molecule has 0 aromatic rings. The van der Waals surface area contributed by atoms with Crippen molar-refractivity contribution in [3.8, 4) is 0 Å². The molecular weight excluding hydrogens is 227 g/mol. The molecule has 17 heavy (non-hydrogen) atoms. The molecule has 1 aliphatic rings. The van der Waals surface area contributed by atoms with Gasteiger partial charge in [-0.25, -0.2) is 14.2 Å². The summed E-state index contributed by atoms with van der Waals surface area (Å²) in [7, 11) is 0. The van der Waals surface area contributed by atoms with Crippen molar-refractivity contribution in [1.82, 2.24) is 10.4 Å². The summed E-state index contributed by atoms with van der Waals surface area (Å²) in [6.45, 7) is 2.74.